The molecule has 4 aromatic heterocycles. The number of imidazole rings is 1. The number of anilines is 2. The Hall–Kier alpha value is -4.95. The lowest BCUT2D eigenvalue weighted by Gasteiger charge is -2.26. The smallest absolute Gasteiger partial charge is 0.272 e. The van der Waals surface area contributed by atoms with E-state index in [2.05, 4.69) is 25.8 Å². The zero-order chi connectivity index (χ0) is 33.4. The fourth-order valence-electron chi connectivity index (χ4n) is 5.80. The number of nitrogens with zero attached hydrogens (tertiary/aromatic N) is 4. The van der Waals surface area contributed by atoms with Gasteiger partial charge in [0.05, 0.1) is 46.3 Å². The number of carbonyl (C=O) groups excluding carboxylic acids is 3. The zero-order valence-electron chi connectivity index (χ0n) is 26.3. The molecule has 0 unspecified atom stereocenters. The van der Waals surface area contributed by atoms with Crippen molar-refractivity contribution in [3.8, 4) is 11.5 Å². The van der Waals surface area contributed by atoms with Crippen molar-refractivity contribution in [3.05, 3.63) is 88.1 Å². The van der Waals surface area contributed by atoms with E-state index in [4.69, 9.17) is 21.3 Å². The quantitative estimate of drug-likeness (QED) is 0.162. The molecule has 6 aromatic rings. The second-order valence-electron chi connectivity index (χ2n) is 11.6. The molecule has 7 rings (SSSR count). The molecular formula is C34H33ClN8O4S. The Morgan fingerprint density at radius 3 is 2.50 bits per heavy atom. The highest BCUT2D eigenvalue weighted by Gasteiger charge is 2.20. The number of amides is 3. The molecule has 0 bridgehead atoms. The van der Waals surface area contributed by atoms with E-state index in [1.54, 1.807) is 42.2 Å². The molecule has 4 N–H and O–H groups in total. The van der Waals surface area contributed by atoms with E-state index in [1.807, 2.05) is 48.0 Å². The van der Waals surface area contributed by atoms with Gasteiger partial charge in [0.15, 0.2) is 5.82 Å². The maximum absolute atomic E-state index is 13.3. The molecule has 0 saturated carbocycles. The van der Waals surface area contributed by atoms with Gasteiger partial charge >= 0.3 is 0 Å². The summed E-state index contributed by atoms with van der Waals surface area (Å²) in [6.07, 6.45) is 3.47. The van der Waals surface area contributed by atoms with E-state index in [0.29, 0.717) is 44.9 Å². The minimum absolute atomic E-state index is 0.141. The topological polar surface area (TPSA) is 138 Å². The predicted molar refractivity (Wildman–Crippen MR) is 188 cm³/mol. The van der Waals surface area contributed by atoms with Crippen LogP contribution in [-0.4, -0.2) is 81.1 Å². The highest BCUT2D eigenvalue weighted by molar-refractivity contribution is 7.21. The molecule has 246 valence electrons. The molecule has 3 amide bonds. The van der Waals surface area contributed by atoms with E-state index in [1.165, 1.54) is 11.3 Å². The third kappa shape index (κ3) is 6.45. The Morgan fingerprint density at radius 1 is 0.938 bits per heavy atom. The highest BCUT2D eigenvalue weighted by atomic mass is 35.5. The minimum atomic E-state index is -0.344. The van der Waals surface area contributed by atoms with Gasteiger partial charge < -0.3 is 34.8 Å². The van der Waals surface area contributed by atoms with Crippen LogP contribution in [0.3, 0.4) is 0 Å². The highest BCUT2D eigenvalue weighted by Crippen LogP contribution is 2.35. The normalized spacial score (nSPS) is 13.6. The Kier molecular flexibility index (Phi) is 8.75. The molecule has 0 radical (unpaired) electrons. The molecule has 12 nitrogen and oxygen atoms in total. The molecule has 2 aromatic carbocycles. The monoisotopic (exact) mass is 684 g/mol. The van der Waals surface area contributed by atoms with Crippen LogP contribution in [-0.2, 0) is 18.8 Å². The van der Waals surface area contributed by atoms with Crippen molar-refractivity contribution in [2.24, 2.45) is 14.1 Å². The van der Waals surface area contributed by atoms with Crippen LogP contribution in [0.1, 0.15) is 30.5 Å². The van der Waals surface area contributed by atoms with Gasteiger partial charge in [-0.3, -0.25) is 19.3 Å². The molecule has 1 aliphatic rings. The van der Waals surface area contributed by atoms with E-state index in [0.717, 1.165) is 59.7 Å². The van der Waals surface area contributed by atoms with Gasteiger partial charge in [-0.1, -0.05) is 29.8 Å². The summed E-state index contributed by atoms with van der Waals surface area (Å²) in [4.78, 5) is 49.9. The maximum Gasteiger partial charge on any atom is 0.272 e. The molecule has 1 fully saturated rings. The van der Waals surface area contributed by atoms with Gasteiger partial charge in [0.2, 0.25) is 0 Å². The number of thiophene rings is 1. The number of benzene rings is 2. The summed E-state index contributed by atoms with van der Waals surface area (Å²) in [5.41, 5.74) is 4.15. The second-order valence-corrected chi connectivity index (χ2v) is 13.1. The van der Waals surface area contributed by atoms with E-state index < -0.39 is 0 Å². The zero-order valence-corrected chi connectivity index (χ0v) is 27.9. The van der Waals surface area contributed by atoms with Crippen LogP contribution in [0, 0.1) is 0 Å². The van der Waals surface area contributed by atoms with E-state index in [9.17, 15) is 14.4 Å². The molecule has 0 spiro atoms. The van der Waals surface area contributed by atoms with Crippen molar-refractivity contribution in [2.75, 3.05) is 50.0 Å². The standard InChI is InChI=1S/C34H33ClN8O4S/c1-41-18-21(37-33(45)27-17-22(19-42(27)2)38-34(46)30-29(35)23-5-3-4-6-28(23)48-30)16-26(41)31-39-24-8-7-20(15-25(24)40-31)32(44)36-9-10-43-11-13-47-14-12-43/h3-8,15-19H,9-14H2,1-2H3,(H,36,44)(H,37,45)(H,38,46)(H,39,40). The summed E-state index contributed by atoms with van der Waals surface area (Å²) in [5.74, 6) is -0.225. The van der Waals surface area contributed by atoms with Crippen molar-refractivity contribution in [2.45, 2.75) is 0 Å². The van der Waals surface area contributed by atoms with Crippen molar-refractivity contribution in [1.82, 2.24) is 29.3 Å². The molecule has 1 aliphatic heterocycles. The van der Waals surface area contributed by atoms with Gasteiger partial charge in [0.1, 0.15) is 10.6 Å². The Labute approximate surface area is 284 Å². The largest absolute Gasteiger partial charge is 0.379 e. The number of H-pyrrole nitrogens is 1. The van der Waals surface area contributed by atoms with Crippen molar-refractivity contribution < 1.29 is 19.1 Å². The van der Waals surface area contributed by atoms with Crippen LogP contribution in [0.25, 0.3) is 32.6 Å². The number of aromatic nitrogens is 4. The number of rotatable bonds is 9. The van der Waals surface area contributed by atoms with Gasteiger partial charge in [-0.15, -0.1) is 11.3 Å². The first-order valence-corrected chi connectivity index (χ1v) is 16.6. The fraction of sp³-hybridized carbons (Fsp3) is 0.235. The molecular weight excluding hydrogens is 652 g/mol. The number of hydrogen-bond donors (Lipinski definition) is 4. The summed E-state index contributed by atoms with van der Waals surface area (Å²) in [6.45, 7) is 4.54. The first kappa shape index (κ1) is 31.6. The fourth-order valence-corrected chi connectivity index (χ4v) is 7.21. The van der Waals surface area contributed by atoms with Crippen molar-refractivity contribution in [1.29, 1.82) is 0 Å². The molecule has 0 atom stereocenters. The lowest BCUT2D eigenvalue weighted by Crippen LogP contribution is -2.41. The molecule has 48 heavy (non-hydrogen) atoms. The molecule has 14 heteroatoms. The van der Waals surface area contributed by atoms with Crippen LogP contribution < -0.4 is 16.0 Å². The number of halogens is 1. The number of aryl methyl sites for hydroxylation is 2. The summed E-state index contributed by atoms with van der Waals surface area (Å²) < 4.78 is 9.81. The summed E-state index contributed by atoms with van der Waals surface area (Å²) in [6, 6.07) is 16.4. The average molecular weight is 685 g/mol. The second kappa shape index (κ2) is 13.3. The van der Waals surface area contributed by atoms with Crippen LogP contribution in [0.2, 0.25) is 5.02 Å². The van der Waals surface area contributed by atoms with E-state index >= 15 is 0 Å². The maximum atomic E-state index is 13.3. The van der Waals surface area contributed by atoms with Gasteiger partial charge in [-0.25, -0.2) is 4.98 Å². The first-order chi connectivity index (χ1) is 23.2. The average Bonchev–Trinajstić information content (AvgIpc) is 3.85. The lowest BCUT2D eigenvalue weighted by atomic mass is 10.2. The Morgan fingerprint density at radius 2 is 1.69 bits per heavy atom. The van der Waals surface area contributed by atoms with Crippen LogP contribution in [0.4, 0.5) is 11.4 Å². The molecule has 0 aliphatic carbocycles. The van der Waals surface area contributed by atoms with Gasteiger partial charge in [-0.2, -0.15) is 0 Å². The molecule has 1 saturated heterocycles. The van der Waals surface area contributed by atoms with Crippen LogP contribution in [0.5, 0.6) is 0 Å². The number of aromatic amines is 1. The summed E-state index contributed by atoms with van der Waals surface area (Å²) >= 11 is 7.81. The Bertz CT molecular complexity index is 2170. The van der Waals surface area contributed by atoms with Gasteiger partial charge in [0.25, 0.3) is 17.7 Å². The number of morpholine rings is 1. The predicted octanol–water partition coefficient (Wildman–Crippen LogP) is 5.34. The summed E-state index contributed by atoms with van der Waals surface area (Å²) in [7, 11) is 3.60. The first-order valence-electron chi connectivity index (χ1n) is 15.4. The van der Waals surface area contributed by atoms with Crippen LogP contribution in [0.15, 0.2) is 67.0 Å². The lowest BCUT2D eigenvalue weighted by molar-refractivity contribution is 0.0383. The number of nitrogens with one attached hydrogen (secondary N) is 4. The number of ether oxygens (including phenoxy) is 1. The van der Waals surface area contributed by atoms with Crippen molar-refractivity contribution >= 4 is 73.2 Å². The van der Waals surface area contributed by atoms with Crippen molar-refractivity contribution in [3.63, 3.8) is 0 Å². The SMILES string of the molecule is Cn1cc(NC(=O)c2sc3ccccc3c2Cl)cc1C(=O)Nc1cc(-c2nc3ccc(C(=O)NCCN4CCOCC4)cc3[nH]2)n(C)c1. The third-order valence-corrected chi connectivity index (χ3v) is 9.98. The van der Waals surface area contributed by atoms with Crippen LogP contribution >= 0.6 is 22.9 Å². The third-order valence-electron chi connectivity index (χ3n) is 8.30. The number of carbonyl (C=O) groups is 3. The number of fused-ring (bicyclic) bond motifs is 2. The minimum Gasteiger partial charge on any atom is -0.379 e. The summed E-state index contributed by atoms with van der Waals surface area (Å²) in [5, 5.41) is 10.0. The Balaban J connectivity index is 1.00. The molecule has 5 heterocycles. The van der Waals surface area contributed by atoms with Gasteiger partial charge in [-0.05, 0) is 36.4 Å². The van der Waals surface area contributed by atoms with E-state index in [-0.39, 0.29) is 17.7 Å². The number of hydrogen-bond acceptors (Lipinski definition) is 7. The van der Waals surface area contributed by atoms with Gasteiger partial charge in [0, 0.05) is 68.3 Å².